The fourth-order valence-corrected chi connectivity index (χ4v) is 0.622. The number of hydrogen-bond acceptors (Lipinski definition) is 2. The Morgan fingerprint density at radius 1 is 1.50 bits per heavy atom. The number of hydrogen-bond donors (Lipinski definition) is 3. The van der Waals surface area contributed by atoms with Crippen molar-refractivity contribution in [3.63, 3.8) is 0 Å². The molecule has 2 unspecified atom stereocenters. The van der Waals surface area contributed by atoms with E-state index in [9.17, 15) is 9.59 Å². The van der Waals surface area contributed by atoms with Crippen molar-refractivity contribution in [2.75, 3.05) is 6.54 Å². The molecule has 0 fully saturated rings. The molecule has 0 aromatic rings. The normalized spacial score (nSPS) is 13.5. The van der Waals surface area contributed by atoms with Gasteiger partial charge in [0.15, 0.2) is 0 Å². The predicted molar refractivity (Wildman–Crippen MR) is 51.6 cm³/mol. The van der Waals surface area contributed by atoms with Crippen molar-refractivity contribution in [1.82, 2.24) is 10.6 Å². The van der Waals surface area contributed by atoms with E-state index >= 15 is 0 Å². The quantitative estimate of drug-likeness (QED) is 0.557. The molecule has 78 valence electrons. The summed E-state index contributed by atoms with van der Waals surface area (Å²) in [5.41, 5.74) is 0. The topological polar surface area (TPSA) is 78.4 Å². The fourth-order valence-electron chi connectivity index (χ4n) is 0.622. The Balaban J connectivity index is 3.76. The first-order chi connectivity index (χ1) is 6.47. The number of nitrogens with one attached hydrogen (secondary N) is 2. The minimum atomic E-state index is -0.949. The van der Waals surface area contributed by atoms with Crippen molar-refractivity contribution in [1.29, 1.82) is 0 Å². The summed E-state index contributed by atoms with van der Waals surface area (Å²) in [5.74, 6) is 0.760. The fraction of sp³-hybridized carbons (Fsp3) is 0.556. The lowest BCUT2D eigenvalue weighted by molar-refractivity contribution is -0.140. The maximum atomic E-state index is 11.0. The van der Waals surface area contributed by atoms with Gasteiger partial charge in [-0.15, -0.1) is 6.42 Å². The molecular formula is C9H14N2O3. The van der Waals surface area contributed by atoms with Crippen molar-refractivity contribution in [2.45, 2.75) is 19.9 Å². The molecular weight excluding hydrogens is 184 g/mol. The second kappa shape index (κ2) is 5.86. The smallest absolute Gasteiger partial charge is 0.315 e. The van der Waals surface area contributed by atoms with E-state index in [-0.39, 0.29) is 12.6 Å². The van der Waals surface area contributed by atoms with Gasteiger partial charge >= 0.3 is 12.0 Å². The molecule has 5 heteroatoms. The second-order valence-corrected chi connectivity index (χ2v) is 2.98. The van der Waals surface area contributed by atoms with Crippen LogP contribution in [0.15, 0.2) is 0 Å². The van der Waals surface area contributed by atoms with Gasteiger partial charge in [0.2, 0.25) is 0 Å². The molecule has 0 aromatic carbocycles. The first-order valence-electron chi connectivity index (χ1n) is 4.20. The van der Waals surface area contributed by atoms with Gasteiger partial charge in [-0.25, -0.2) is 4.79 Å². The number of urea groups is 1. The monoisotopic (exact) mass is 198 g/mol. The van der Waals surface area contributed by atoms with Crippen LogP contribution in [-0.4, -0.2) is 29.7 Å². The number of carbonyl (C=O) groups is 2. The molecule has 0 heterocycles. The van der Waals surface area contributed by atoms with Gasteiger partial charge in [-0.2, -0.15) is 0 Å². The zero-order valence-corrected chi connectivity index (χ0v) is 8.20. The Morgan fingerprint density at radius 3 is 2.50 bits per heavy atom. The third-order valence-electron chi connectivity index (χ3n) is 1.59. The molecule has 0 saturated carbocycles. The van der Waals surface area contributed by atoms with Crippen LogP contribution < -0.4 is 10.6 Å². The van der Waals surface area contributed by atoms with E-state index in [0.29, 0.717) is 0 Å². The highest BCUT2D eigenvalue weighted by Gasteiger charge is 2.12. The molecule has 14 heavy (non-hydrogen) atoms. The predicted octanol–water partition coefficient (Wildman–Crippen LogP) is 0.0280. The molecule has 5 nitrogen and oxygen atoms in total. The lowest BCUT2D eigenvalue weighted by atomic mass is 10.2. The second-order valence-electron chi connectivity index (χ2n) is 2.98. The number of rotatable bonds is 4. The van der Waals surface area contributed by atoms with Gasteiger partial charge < -0.3 is 15.7 Å². The van der Waals surface area contributed by atoms with Gasteiger partial charge in [0.25, 0.3) is 0 Å². The largest absolute Gasteiger partial charge is 0.481 e. The first kappa shape index (κ1) is 12.3. The van der Waals surface area contributed by atoms with Crippen LogP contribution in [0.25, 0.3) is 0 Å². The van der Waals surface area contributed by atoms with Gasteiger partial charge in [0, 0.05) is 6.54 Å². The summed E-state index contributed by atoms with van der Waals surface area (Å²) in [7, 11) is 0. The Hall–Kier alpha value is -1.70. The van der Waals surface area contributed by atoms with Crippen LogP contribution in [0.4, 0.5) is 4.79 Å². The van der Waals surface area contributed by atoms with Crippen molar-refractivity contribution < 1.29 is 14.7 Å². The summed E-state index contributed by atoms with van der Waals surface area (Å²) >= 11 is 0. The van der Waals surface area contributed by atoms with Gasteiger partial charge in [-0.3, -0.25) is 4.79 Å². The van der Waals surface area contributed by atoms with E-state index in [2.05, 4.69) is 16.6 Å². The van der Waals surface area contributed by atoms with Crippen LogP contribution in [0.2, 0.25) is 0 Å². The molecule has 0 saturated heterocycles. The Labute approximate surface area is 82.9 Å². The third-order valence-corrected chi connectivity index (χ3v) is 1.59. The summed E-state index contributed by atoms with van der Waals surface area (Å²) < 4.78 is 0. The first-order valence-corrected chi connectivity index (χ1v) is 4.20. The standard InChI is InChI=1S/C9H14N2O3/c1-4-7(3)11-9(14)10-5-6(2)8(12)13/h1,6-7H,5H2,2-3H3,(H,12,13)(H2,10,11,14). The molecule has 3 N–H and O–H groups in total. The molecule has 0 aromatic heterocycles. The van der Waals surface area contributed by atoms with E-state index in [0.717, 1.165) is 0 Å². The summed E-state index contributed by atoms with van der Waals surface area (Å²) in [4.78, 5) is 21.4. The van der Waals surface area contributed by atoms with Gasteiger partial charge in [-0.05, 0) is 6.92 Å². The van der Waals surface area contributed by atoms with E-state index in [1.54, 1.807) is 6.92 Å². The Bertz CT molecular complexity index is 257. The Kier molecular flexibility index (Phi) is 5.15. The number of carbonyl (C=O) groups excluding carboxylic acids is 1. The van der Waals surface area contributed by atoms with Crippen molar-refractivity contribution >= 4 is 12.0 Å². The third kappa shape index (κ3) is 5.04. The molecule has 0 aliphatic heterocycles. The molecule has 0 spiro atoms. The lowest BCUT2D eigenvalue weighted by Gasteiger charge is -2.11. The molecule has 0 aliphatic carbocycles. The van der Waals surface area contributed by atoms with Crippen molar-refractivity contribution in [3.05, 3.63) is 0 Å². The van der Waals surface area contributed by atoms with E-state index in [1.807, 2.05) is 0 Å². The number of aliphatic carboxylic acids is 1. The van der Waals surface area contributed by atoms with Crippen molar-refractivity contribution in [2.24, 2.45) is 5.92 Å². The van der Waals surface area contributed by atoms with Gasteiger partial charge in [0.1, 0.15) is 0 Å². The number of amides is 2. The zero-order valence-electron chi connectivity index (χ0n) is 8.20. The maximum Gasteiger partial charge on any atom is 0.315 e. The van der Waals surface area contributed by atoms with Crippen LogP contribution in [0, 0.1) is 18.3 Å². The minimum absolute atomic E-state index is 0.0818. The van der Waals surface area contributed by atoms with E-state index < -0.39 is 17.9 Å². The molecule has 2 amide bonds. The summed E-state index contributed by atoms with van der Waals surface area (Å²) in [6.45, 7) is 3.24. The van der Waals surface area contributed by atoms with E-state index in [4.69, 9.17) is 11.5 Å². The maximum absolute atomic E-state index is 11.0. The molecule has 0 radical (unpaired) electrons. The Morgan fingerprint density at radius 2 is 2.07 bits per heavy atom. The molecule has 2 atom stereocenters. The zero-order chi connectivity index (χ0) is 11.1. The lowest BCUT2D eigenvalue weighted by Crippen LogP contribution is -2.42. The average Bonchev–Trinajstić information content (AvgIpc) is 2.13. The van der Waals surface area contributed by atoms with Crippen LogP contribution in [0.5, 0.6) is 0 Å². The van der Waals surface area contributed by atoms with Crippen LogP contribution in [0.1, 0.15) is 13.8 Å². The molecule has 0 aliphatic rings. The number of carboxylic acid groups (broad SMARTS) is 1. The summed E-state index contributed by atoms with van der Waals surface area (Å²) in [5, 5.41) is 13.4. The highest BCUT2D eigenvalue weighted by Crippen LogP contribution is 1.90. The summed E-state index contributed by atoms with van der Waals surface area (Å²) in [6.07, 6.45) is 5.04. The minimum Gasteiger partial charge on any atom is -0.481 e. The van der Waals surface area contributed by atoms with Gasteiger partial charge in [0.05, 0.1) is 12.0 Å². The molecule has 0 bridgehead atoms. The highest BCUT2D eigenvalue weighted by atomic mass is 16.4. The summed E-state index contributed by atoms with van der Waals surface area (Å²) in [6, 6.07) is -0.821. The van der Waals surface area contributed by atoms with Crippen LogP contribution in [0.3, 0.4) is 0 Å². The average molecular weight is 198 g/mol. The SMILES string of the molecule is C#CC(C)NC(=O)NCC(C)C(=O)O. The van der Waals surface area contributed by atoms with E-state index in [1.165, 1.54) is 6.92 Å². The van der Waals surface area contributed by atoms with Crippen molar-refractivity contribution in [3.8, 4) is 12.3 Å². The van der Waals surface area contributed by atoms with Gasteiger partial charge in [-0.1, -0.05) is 12.8 Å². The van der Waals surface area contributed by atoms with Crippen LogP contribution >= 0.6 is 0 Å². The van der Waals surface area contributed by atoms with Crippen LogP contribution in [-0.2, 0) is 4.79 Å². The molecule has 0 rings (SSSR count). The number of terminal acetylenes is 1. The highest BCUT2D eigenvalue weighted by molar-refractivity contribution is 5.76. The number of carboxylic acids is 1.